The van der Waals surface area contributed by atoms with Crippen molar-refractivity contribution in [1.82, 2.24) is 4.90 Å². The van der Waals surface area contributed by atoms with Crippen molar-refractivity contribution in [2.75, 3.05) is 18.9 Å². The van der Waals surface area contributed by atoms with Crippen molar-refractivity contribution in [2.24, 2.45) is 0 Å². The number of halogens is 1. The predicted octanol–water partition coefficient (Wildman–Crippen LogP) is 5.43. The van der Waals surface area contributed by atoms with Crippen molar-refractivity contribution < 1.29 is 9.53 Å². The van der Waals surface area contributed by atoms with Gasteiger partial charge in [0.05, 0.1) is 19.0 Å². The Morgan fingerprint density at radius 1 is 1.15 bits per heavy atom. The van der Waals surface area contributed by atoms with Gasteiger partial charge in [-0.2, -0.15) is 0 Å². The van der Waals surface area contributed by atoms with Gasteiger partial charge in [0.25, 0.3) is 0 Å². The van der Waals surface area contributed by atoms with Crippen LogP contribution in [0.15, 0.2) is 48.5 Å². The molecular weight excluding hydrogens is 378 g/mol. The Bertz CT molecular complexity index is 786. The molecule has 2 aromatic carbocycles. The summed E-state index contributed by atoms with van der Waals surface area (Å²) < 4.78 is 5.77. The Hall–Kier alpha value is -1.49. The monoisotopic (exact) mass is 403 g/mol. The summed E-state index contributed by atoms with van der Waals surface area (Å²) in [5.41, 5.74) is 3.57. The molecule has 0 unspecified atom stereocenters. The van der Waals surface area contributed by atoms with Crippen molar-refractivity contribution in [3.8, 4) is 0 Å². The third-order valence-electron chi connectivity index (χ3n) is 4.72. The van der Waals surface area contributed by atoms with Gasteiger partial charge in [-0.1, -0.05) is 74.8 Å². The number of benzene rings is 2. The van der Waals surface area contributed by atoms with Gasteiger partial charge in [0, 0.05) is 11.6 Å². The molecular formula is C22H26ClNO2S. The maximum absolute atomic E-state index is 12.3. The van der Waals surface area contributed by atoms with Crippen LogP contribution in [0.3, 0.4) is 0 Å². The Morgan fingerprint density at radius 2 is 1.85 bits per heavy atom. The van der Waals surface area contributed by atoms with E-state index in [0.717, 1.165) is 5.56 Å². The SMILES string of the molecule is CC(C)(C)c1ccc([C@@H]2SCC(=O)N2CCOCc2ccccc2Cl)cc1. The predicted molar refractivity (Wildman–Crippen MR) is 113 cm³/mol. The summed E-state index contributed by atoms with van der Waals surface area (Å²) in [7, 11) is 0. The third kappa shape index (κ3) is 5.07. The quantitative estimate of drug-likeness (QED) is 0.602. The first-order chi connectivity index (χ1) is 12.9. The number of hydrogen-bond donors (Lipinski definition) is 0. The fourth-order valence-electron chi connectivity index (χ4n) is 3.08. The van der Waals surface area contributed by atoms with Crippen molar-refractivity contribution in [3.05, 3.63) is 70.2 Å². The van der Waals surface area contributed by atoms with E-state index in [9.17, 15) is 4.79 Å². The number of hydrogen-bond acceptors (Lipinski definition) is 3. The van der Waals surface area contributed by atoms with Crippen LogP contribution in [0, 0.1) is 0 Å². The highest BCUT2D eigenvalue weighted by Gasteiger charge is 2.32. The van der Waals surface area contributed by atoms with Crippen molar-refractivity contribution in [2.45, 2.75) is 38.2 Å². The minimum atomic E-state index is 0.0652. The third-order valence-corrected chi connectivity index (χ3v) is 6.35. The first-order valence-corrected chi connectivity index (χ1v) is 10.6. The lowest BCUT2D eigenvalue weighted by molar-refractivity contribution is -0.128. The minimum absolute atomic E-state index is 0.0652. The maximum atomic E-state index is 12.3. The van der Waals surface area contributed by atoms with E-state index < -0.39 is 0 Å². The second kappa shape index (κ2) is 8.68. The molecule has 1 saturated heterocycles. The molecule has 3 rings (SSSR count). The molecule has 0 radical (unpaired) electrons. The first-order valence-electron chi connectivity index (χ1n) is 9.19. The van der Waals surface area contributed by atoms with Crippen molar-refractivity contribution in [3.63, 3.8) is 0 Å². The Kier molecular flexibility index (Phi) is 6.51. The molecule has 5 heteroatoms. The minimum Gasteiger partial charge on any atom is -0.375 e. The number of amides is 1. The second-order valence-electron chi connectivity index (χ2n) is 7.77. The van der Waals surface area contributed by atoms with E-state index in [0.29, 0.717) is 30.5 Å². The van der Waals surface area contributed by atoms with Gasteiger partial charge >= 0.3 is 0 Å². The Morgan fingerprint density at radius 3 is 2.52 bits per heavy atom. The fraction of sp³-hybridized carbons (Fsp3) is 0.409. The largest absolute Gasteiger partial charge is 0.375 e. The summed E-state index contributed by atoms with van der Waals surface area (Å²) in [4.78, 5) is 14.3. The number of rotatable bonds is 6. The average molecular weight is 404 g/mol. The van der Waals surface area contributed by atoms with Gasteiger partial charge in [0.1, 0.15) is 5.37 Å². The highest BCUT2D eigenvalue weighted by molar-refractivity contribution is 8.00. The molecule has 1 atom stereocenters. The van der Waals surface area contributed by atoms with Gasteiger partial charge in [0.2, 0.25) is 5.91 Å². The first kappa shape index (κ1) is 20.2. The van der Waals surface area contributed by atoms with Crippen LogP contribution < -0.4 is 0 Å². The van der Waals surface area contributed by atoms with Gasteiger partial charge < -0.3 is 9.64 Å². The highest BCUT2D eigenvalue weighted by Crippen LogP contribution is 2.39. The van der Waals surface area contributed by atoms with E-state index in [4.69, 9.17) is 16.3 Å². The topological polar surface area (TPSA) is 29.5 Å². The molecule has 27 heavy (non-hydrogen) atoms. The molecule has 3 nitrogen and oxygen atoms in total. The number of carbonyl (C=O) groups is 1. The van der Waals surface area contributed by atoms with Crippen LogP contribution in [0.2, 0.25) is 5.02 Å². The summed E-state index contributed by atoms with van der Waals surface area (Å²) in [5, 5.41) is 0.776. The second-order valence-corrected chi connectivity index (χ2v) is 9.24. The number of carbonyl (C=O) groups excluding carboxylic acids is 1. The standard InChI is InChI=1S/C22H26ClNO2S/c1-22(2,3)18-10-8-16(9-11-18)21-24(20(25)15-27-21)12-13-26-14-17-6-4-5-7-19(17)23/h4-11,21H,12-15H2,1-3H3/t21-/m0/s1. The molecule has 0 aromatic heterocycles. The van der Waals surface area contributed by atoms with E-state index in [1.807, 2.05) is 29.2 Å². The Balaban J connectivity index is 1.59. The summed E-state index contributed by atoms with van der Waals surface area (Å²) in [6.45, 7) is 8.16. The summed E-state index contributed by atoms with van der Waals surface area (Å²) >= 11 is 7.84. The molecule has 1 amide bonds. The fourth-order valence-corrected chi connectivity index (χ4v) is 4.49. The molecule has 1 heterocycles. The summed E-state index contributed by atoms with van der Waals surface area (Å²) in [6, 6.07) is 16.3. The van der Waals surface area contributed by atoms with E-state index in [1.54, 1.807) is 11.8 Å². The molecule has 0 spiro atoms. The lowest BCUT2D eigenvalue weighted by Crippen LogP contribution is -2.31. The van der Waals surface area contributed by atoms with E-state index in [1.165, 1.54) is 11.1 Å². The van der Waals surface area contributed by atoms with Crippen molar-refractivity contribution in [1.29, 1.82) is 0 Å². The number of nitrogens with zero attached hydrogens (tertiary/aromatic N) is 1. The van der Waals surface area contributed by atoms with Crippen LogP contribution in [0.25, 0.3) is 0 Å². The molecule has 144 valence electrons. The summed E-state index contributed by atoms with van der Waals surface area (Å²) in [5.74, 6) is 0.696. The van der Waals surface area contributed by atoms with Gasteiger partial charge in [-0.3, -0.25) is 4.79 Å². The van der Waals surface area contributed by atoms with Crippen LogP contribution in [0.1, 0.15) is 42.8 Å². The van der Waals surface area contributed by atoms with E-state index >= 15 is 0 Å². The van der Waals surface area contributed by atoms with E-state index in [2.05, 4.69) is 45.0 Å². The molecule has 1 aliphatic rings. The molecule has 0 saturated carbocycles. The lowest BCUT2D eigenvalue weighted by Gasteiger charge is -2.25. The Labute approximate surface area is 171 Å². The average Bonchev–Trinajstić information content (AvgIpc) is 3.00. The molecule has 0 aliphatic carbocycles. The smallest absolute Gasteiger partial charge is 0.233 e. The van der Waals surface area contributed by atoms with Gasteiger partial charge in [-0.05, 0) is 28.2 Å². The van der Waals surface area contributed by atoms with Crippen LogP contribution in [0.4, 0.5) is 0 Å². The summed E-state index contributed by atoms with van der Waals surface area (Å²) in [6.07, 6.45) is 0. The van der Waals surface area contributed by atoms with Gasteiger partial charge in [-0.15, -0.1) is 11.8 Å². The molecule has 1 fully saturated rings. The highest BCUT2D eigenvalue weighted by atomic mass is 35.5. The van der Waals surface area contributed by atoms with Crippen molar-refractivity contribution >= 4 is 29.3 Å². The molecule has 0 bridgehead atoms. The number of thioether (sulfide) groups is 1. The van der Waals surface area contributed by atoms with E-state index in [-0.39, 0.29) is 16.7 Å². The van der Waals surface area contributed by atoms with Crippen LogP contribution >= 0.6 is 23.4 Å². The lowest BCUT2D eigenvalue weighted by atomic mass is 9.87. The van der Waals surface area contributed by atoms with Crippen LogP contribution in [-0.4, -0.2) is 29.7 Å². The van der Waals surface area contributed by atoms with Crippen LogP contribution in [0.5, 0.6) is 0 Å². The normalized spacial score (nSPS) is 17.6. The van der Waals surface area contributed by atoms with Gasteiger partial charge in [0.15, 0.2) is 0 Å². The van der Waals surface area contributed by atoms with Gasteiger partial charge in [-0.25, -0.2) is 0 Å². The molecule has 0 N–H and O–H groups in total. The zero-order valence-corrected chi connectivity index (χ0v) is 17.6. The molecule has 1 aliphatic heterocycles. The number of ether oxygens (including phenoxy) is 1. The zero-order chi connectivity index (χ0) is 19.4. The molecule has 2 aromatic rings. The maximum Gasteiger partial charge on any atom is 0.233 e. The van der Waals surface area contributed by atoms with Crippen LogP contribution in [-0.2, 0) is 21.6 Å². The zero-order valence-electron chi connectivity index (χ0n) is 16.1.